The molecule has 0 fully saturated rings. The molecule has 1 heterocycles. The van der Waals surface area contributed by atoms with Crippen molar-refractivity contribution in [3.05, 3.63) is 92.9 Å². The van der Waals surface area contributed by atoms with Crippen LogP contribution in [0.3, 0.4) is 0 Å². The second-order valence-electron chi connectivity index (χ2n) is 8.84. The van der Waals surface area contributed by atoms with Crippen LogP contribution in [0.1, 0.15) is 77.1 Å². The molecule has 0 spiro atoms. The van der Waals surface area contributed by atoms with Crippen LogP contribution in [0.4, 0.5) is 0 Å². The van der Waals surface area contributed by atoms with Gasteiger partial charge in [0.25, 0.3) is 11.5 Å². The average Bonchev–Trinajstić information content (AvgIpc) is 2.83. The number of nitrogens with one attached hydrogen (secondary N) is 1. The van der Waals surface area contributed by atoms with Gasteiger partial charge < -0.3 is 10.1 Å². The number of ether oxygens (including phenoxy) is 1. The minimum Gasteiger partial charge on any atom is -0.494 e. The van der Waals surface area contributed by atoms with Gasteiger partial charge in [0.2, 0.25) is 0 Å². The van der Waals surface area contributed by atoms with Crippen LogP contribution in [0.5, 0.6) is 5.75 Å². The third kappa shape index (κ3) is 4.81. The van der Waals surface area contributed by atoms with Crippen LogP contribution in [0.25, 0.3) is 5.69 Å². The van der Waals surface area contributed by atoms with Gasteiger partial charge in [-0.3, -0.25) is 19.0 Å². The lowest BCUT2D eigenvalue weighted by molar-refractivity contribution is 0.0949. The predicted molar refractivity (Wildman–Crippen MR) is 132 cm³/mol. The molecule has 3 aromatic rings. The average molecular weight is 459 g/mol. The Morgan fingerprint density at radius 1 is 1.03 bits per heavy atom. The van der Waals surface area contributed by atoms with Crippen molar-refractivity contribution in [1.29, 1.82) is 0 Å². The molecule has 0 saturated heterocycles. The molecular formula is C28H30N2O4. The third-order valence-corrected chi connectivity index (χ3v) is 6.17. The summed E-state index contributed by atoms with van der Waals surface area (Å²) in [5, 5.41) is 2.83. The molecule has 4 rings (SSSR count). The second kappa shape index (κ2) is 10.1. The summed E-state index contributed by atoms with van der Waals surface area (Å²) in [5.41, 5.74) is 3.43. The van der Waals surface area contributed by atoms with E-state index in [-0.39, 0.29) is 17.9 Å². The van der Waals surface area contributed by atoms with Gasteiger partial charge in [0.15, 0.2) is 5.78 Å². The summed E-state index contributed by atoms with van der Waals surface area (Å²) in [6.07, 6.45) is 1.74. The van der Waals surface area contributed by atoms with Gasteiger partial charge in [0.1, 0.15) is 11.3 Å². The number of pyridine rings is 1. The van der Waals surface area contributed by atoms with Gasteiger partial charge in [-0.2, -0.15) is 0 Å². The normalized spacial score (nSPS) is 13.0. The number of carbonyl (C=O) groups excluding carboxylic acids is 2. The first-order valence-corrected chi connectivity index (χ1v) is 11.8. The Morgan fingerprint density at radius 3 is 2.38 bits per heavy atom. The number of nitrogens with zero attached hydrogens (tertiary/aromatic N) is 1. The summed E-state index contributed by atoms with van der Waals surface area (Å²) in [7, 11) is 0. The van der Waals surface area contributed by atoms with E-state index in [1.165, 1.54) is 6.07 Å². The SMILES string of the molecule is CCOc1ccc(CNC(=O)c2cc3c(n(-c4ccc(C(C)C)cc4)c2=O)CCCC3=O)cc1. The van der Waals surface area contributed by atoms with Crippen LogP contribution in [0.2, 0.25) is 0 Å². The fraction of sp³-hybridized carbons (Fsp3) is 0.321. The highest BCUT2D eigenvalue weighted by molar-refractivity contribution is 6.01. The summed E-state index contributed by atoms with van der Waals surface area (Å²) in [4.78, 5) is 39.3. The van der Waals surface area contributed by atoms with Crippen LogP contribution < -0.4 is 15.6 Å². The fourth-order valence-electron chi connectivity index (χ4n) is 4.28. The molecule has 6 heteroatoms. The summed E-state index contributed by atoms with van der Waals surface area (Å²) in [6, 6.07) is 16.7. The maximum atomic E-state index is 13.5. The largest absolute Gasteiger partial charge is 0.494 e. The summed E-state index contributed by atoms with van der Waals surface area (Å²) < 4.78 is 6.99. The van der Waals surface area contributed by atoms with Crippen LogP contribution >= 0.6 is 0 Å². The van der Waals surface area contributed by atoms with Crippen molar-refractivity contribution in [2.45, 2.75) is 52.5 Å². The van der Waals surface area contributed by atoms with Gasteiger partial charge in [0.05, 0.1) is 6.61 Å². The molecule has 1 N–H and O–H groups in total. The zero-order valence-corrected chi connectivity index (χ0v) is 19.9. The first-order valence-electron chi connectivity index (χ1n) is 11.8. The highest BCUT2D eigenvalue weighted by Crippen LogP contribution is 2.25. The van der Waals surface area contributed by atoms with Crippen molar-refractivity contribution in [2.24, 2.45) is 0 Å². The highest BCUT2D eigenvalue weighted by Gasteiger charge is 2.26. The monoisotopic (exact) mass is 458 g/mol. The molecule has 1 aliphatic carbocycles. The van der Waals surface area contributed by atoms with E-state index in [0.29, 0.717) is 48.7 Å². The lowest BCUT2D eigenvalue weighted by Gasteiger charge is -2.22. The highest BCUT2D eigenvalue weighted by atomic mass is 16.5. The fourth-order valence-corrected chi connectivity index (χ4v) is 4.28. The standard InChI is InChI=1S/C28H30N2O4/c1-4-34-22-14-8-19(9-15-22)17-29-27(32)24-16-23-25(6-5-7-26(23)31)30(28(24)33)21-12-10-20(11-13-21)18(2)3/h8-16,18H,4-7,17H2,1-3H3,(H,29,32). The van der Waals surface area contributed by atoms with Gasteiger partial charge in [-0.05, 0) is 67.1 Å². The smallest absolute Gasteiger partial charge is 0.268 e. The number of aromatic nitrogens is 1. The van der Waals surface area contributed by atoms with Gasteiger partial charge in [-0.25, -0.2) is 0 Å². The molecule has 176 valence electrons. The number of benzene rings is 2. The van der Waals surface area contributed by atoms with Gasteiger partial charge in [-0.1, -0.05) is 38.1 Å². The summed E-state index contributed by atoms with van der Waals surface area (Å²) >= 11 is 0. The van der Waals surface area contributed by atoms with E-state index in [2.05, 4.69) is 19.2 Å². The molecule has 1 aliphatic rings. The second-order valence-corrected chi connectivity index (χ2v) is 8.84. The molecule has 0 radical (unpaired) electrons. The van der Waals surface area contributed by atoms with Crippen LogP contribution in [-0.2, 0) is 13.0 Å². The van der Waals surface area contributed by atoms with Gasteiger partial charge in [0, 0.05) is 29.9 Å². The summed E-state index contributed by atoms with van der Waals surface area (Å²) in [5.74, 6) is 0.597. The van der Waals surface area contributed by atoms with Crippen molar-refractivity contribution in [2.75, 3.05) is 6.61 Å². The Kier molecular flexibility index (Phi) is 6.96. The molecular weight excluding hydrogens is 428 g/mol. The molecule has 1 aromatic heterocycles. The molecule has 0 atom stereocenters. The molecule has 6 nitrogen and oxygen atoms in total. The molecule has 0 aliphatic heterocycles. The van der Waals surface area contributed by atoms with E-state index >= 15 is 0 Å². The Labute approximate surface area is 199 Å². The van der Waals surface area contributed by atoms with E-state index in [1.807, 2.05) is 55.5 Å². The van der Waals surface area contributed by atoms with Crippen molar-refractivity contribution >= 4 is 11.7 Å². The Balaban J connectivity index is 1.68. The molecule has 0 bridgehead atoms. The van der Waals surface area contributed by atoms with Crippen molar-refractivity contribution < 1.29 is 14.3 Å². The van der Waals surface area contributed by atoms with Gasteiger partial charge in [-0.15, -0.1) is 0 Å². The molecule has 34 heavy (non-hydrogen) atoms. The van der Waals surface area contributed by atoms with E-state index in [9.17, 15) is 14.4 Å². The Morgan fingerprint density at radius 2 is 1.74 bits per heavy atom. The zero-order chi connectivity index (χ0) is 24.2. The van der Waals surface area contributed by atoms with Crippen molar-refractivity contribution in [3.8, 4) is 11.4 Å². The maximum absolute atomic E-state index is 13.5. The topological polar surface area (TPSA) is 77.4 Å². The number of carbonyl (C=O) groups is 2. The maximum Gasteiger partial charge on any atom is 0.268 e. The van der Waals surface area contributed by atoms with E-state index < -0.39 is 11.5 Å². The minimum atomic E-state index is -0.493. The number of Topliss-reactive ketones (excluding diaryl/α,β-unsaturated/α-hetero) is 1. The number of rotatable bonds is 7. The number of amides is 1. The third-order valence-electron chi connectivity index (χ3n) is 6.17. The molecule has 1 amide bonds. The molecule has 0 saturated carbocycles. The number of ketones is 1. The quantitative estimate of drug-likeness (QED) is 0.551. The van der Waals surface area contributed by atoms with Crippen LogP contribution in [0, 0.1) is 0 Å². The van der Waals surface area contributed by atoms with E-state index in [1.54, 1.807) is 4.57 Å². The lowest BCUT2D eigenvalue weighted by Crippen LogP contribution is -2.36. The molecule has 0 unspecified atom stereocenters. The van der Waals surface area contributed by atoms with E-state index in [0.717, 1.165) is 16.9 Å². The number of hydrogen-bond donors (Lipinski definition) is 1. The van der Waals surface area contributed by atoms with Crippen LogP contribution in [-0.4, -0.2) is 22.9 Å². The van der Waals surface area contributed by atoms with Crippen molar-refractivity contribution in [1.82, 2.24) is 9.88 Å². The minimum absolute atomic E-state index is 0.0205. The van der Waals surface area contributed by atoms with Crippen molar-refractivity contribution in [3.63, 3.8) is 0 Å². The van der Waals surface area contributed by atoms with E-state index in [4.69, 9.17) is 4.74 Å². The van der Waals surface area contributed by atoms with Gasteiger partial charge >= 0.3 is 0 Å². The predicted octanol–water partition coefficient (Wildman–Crippen LogP) is 4.81. The Hall–Kier alpha value is -3.67. The first-order chi connectivity index (χ1) is 16.4. The number of fused-ring (bicyclic) bond motifs is 1. The Bertz CT molecular complexity index is 1260. The zero-order valence-electron chi connectivity index (χ0n) is 19.9. The van der Waals surface area contributed by atoms with Crippen LogP contribution in [0.15, 0.2) is 59.4 Å². The molecule has 2 aromatic carbocycles. The number of hydrogen-bond acceptors (Lipinski definition) is 4. The first kappa shape index (κ1) is 23.5. The summed E-state index contributed by atoms with van der Waals surface area (Å²) in [6.45, 7) is 6.98. The lowest BCUT2D eigenvalue weighted by atomic mass is 9.92.